The van der Waals surface area contributed by atoms with Gasteiger partial charge in [0.2, 0.25) is 11.8 Å². The maximum absolute atomic E-state index is 11.7. The Balaban J connectivity index is 0. The highest BCUT2D eigenvalue weighted by molar-refractivity contribution is 5.85. The summed E-state index contributed by atoms with van der Waals surface area (Å²) in [5, 5.41) is 5.46. The normalized spacial score (nSPS) is 12.3. The van der Waals surface area contributed by atoms with Crippen LogP contribution in [0.3, 0.4) is 0 Å². The van der Waals surface area contributed by atoms with Gasteiger partial charge in [-0.15, -0.1) is 12.4 Å². The molecular formula is C12H26ClN3O2. The van der Waals surface area contributed by atoms with E-state index in [1.54, 1.807) is 13.8 Å². The smallest absolute Gasteiger partial charge is 0.236 e. The molecule has 18 heavy (non-hydrogen) atoms. The molecule has 0 rings (SSSR count). The van der Waals surface area contributed by atoms with Crippen molar-refractivity contribution in [2.75, 3.05) is 13.1 Å². The summed E-state index contributed by atoms with van der Waals surface area (Å²) in [5.41, 5.74) is 5.07. The van der Waals surface area contributed by atoms with Crippen molar-refractivity contribution in [3.8, 4) is 0 Å². The van der Waals surface area contributed by atoms with Crippen molar-refractivity contribution in [1.29, 1.82) is 0 Å². The SMILES string of the molecule is CCCC(N)C(=O)NCC(C)(C)C(=O)NCC.Cl. The Morgan fingerprint density at radius 2 is 1.78 bits per heavy atom. The number of nitrogens with one attached hydrogen (secondary N) is 2. The first-order chi connectivity index (χ1) is 7.85. The number of hydrogen-bond donors (Lipinski definition) is 3. The zero-order chi connectivity index (χ0) is 13.5. The van der Waals surface area contributed by atoms with Gasteiger partial charge in [0, 0.05) is 13.1 Å². The molecule has 0 aromatic heterocycles. The second kappa shape index (κ2) is 9.16. The molecule has 0 heterocycles. The van der Waals surface area contributed by atoms with Gasteiger partial charge in [-0.1, -0.05) is 13.3 Å². The van der Waals surface area contributed by atoms with E-state index >= 15 is 0 Å². The van der Waals surface area contributed by atoms with Crippen molar-refractivity contribution in [3.63, 3.8) is 0 Å². The first-order valence-corrected chi connectivity index (χ1v) is 6.16. The van der Waals surface area contributed by atoms with Crippen LogP contribution in [-0.2, 0) is 9.59 Å². The summed E-state index contributed by atoms with van der Waals surface area (Å²) in [4.78, 5) is 23.3. The molecule has 0 aliphatic carbocycles. The first kappa shape index (κ1) is 19.5. The lowest BCUT2D eigenvalue weighted by Gasteiger charge is -2.24. The van der Waals surface area contributed by atoms with Crippen LogP contribution in [0.15, 0.2) is 0 Å². The number of amides is 2. The Bertz CT molecular complexity index is 270. The lowest BCUT2D eigenvalue weighted by atomic mass is 9.92. The van der Waals surface area contributed by atoms with Crippen LogP contribution in [0.5, 0.6) is 0 Å². The van der Waals surface area contributed by atoms with Crippen LogP contribution < -0.4 is 16.4 Å². The van der Waals surface area contributed by atoms with Crippen LogP contribution in [0.4, 0.5) is 0 Å². The van der Waals surface area contributed by atoms with Gasteiger partial charge in [-0.25, -0.2) is 0 Å². The molecule has 0 bridgehead atoms. The van der Waals surface area contributed by atoms with Crippen molar-refractivity contribution in [2.24, 2.45) is 11.1 Å². The van der Waals surface area contributed by atoms with E-state index in [0.717, 1.165) is 6.42 Å². The minimum atomic E-state index is -0.613. The average molecular weight is 280 g/mol. The second-order valence-corrected chi connectivity index (χ2v) is 4.86. The van der Waals surface area contributed by atoms with Gasteiger partial charge in [-0.2, -0.15) is 0 Å². The number of carbonyl (C=O) groups is 2. The van der Waals surface area contributed by atoms with E-state index in [2.05, 4.69) is 10.6 Å². The maximum Gasteiger partial charge on any atom is 0.236 e. The van der Waals surface area contributed by atoms with Crippen LogP contribution in [0, 0.1) is 5.41 Å². The summed E-state index contributed by atoms with van der Waals surface area (Å²) in [6, 6.07) is -0.481. The Morgan fingerprint density at radius 3 is 2.22 bits per heavy atom. The molecule has 0 spiro atoms. The van der Waals surface area contributed by atoms with E-state index < -0.39 is 11.5 Å². The summed E-state index contributed by atoms with van der Waals surface area (Å²) >= 11 is 0. The van der Waals surface area contributed by atoms with Gasteiger partial charge in [0.05, 0.1) is 11.5 Å². The molecule has 2 amide bonds. The zero-order valence-electron chi connectivity index (χ0n) is 11.7. The first-order valence-electron chi connectivity index (χ1n) is 6.16. The maximum atomic E-state index is 11.7. The molecule has 0 saturated heterocycles. The third kappa shape index (κ3) is 6.81. The van der Waals surface area contributed by atoms with E-state index in [0.29, 0.717) is 19.5 Å². The molecule has 0 aromatic carbocycles. The van der Waals surface area contributed by atoms with Gasteiger partial charge < -0.3 is 16.4 Å². The van der Waals surface area contributed by atoms with Crippen LogP contribution in [0.2, 0.25) is 0 Å². The van der Waals surface area contributed by atoms with Gasteiger partial charge >= 0.3 is 0 Å². The highest BCUT2D eigenvalue weighted by atomic mass is 35.5. The van der Waals surface area contributed by atoms with Crippen molar-refractivity contribution in [3.05, 3.63) is 0 Å². The molecule has 4 N–H and O–H groups in total. The Morgan fingerprint density at radius 1 is 1.22 bits per heavy atom. The molecular weight excluding hydrogens is 254 g/mol. The third-order valence-corrected chi connectivity index (χ3v) is 2.59. The zero-order valence-corrected chi connectivity index (χ0v) is 12.5. The molecule has 1 unspecified atom stereocenters. The quantitative estimate of drug-likeness (QED) is 0.645. The van der Waals surface area contributed by atoms with Gasteiger partial charge in [0.1, 0.15) is 0 Å². The van der Waals surface area contributed by atoms with Crippen LogP contribution >= 0.6 is 12.4 Å². The summed E-state index contributed by atoms with van der Waals surface area (Å²) in [6.45, 7) is 8.32. The highest BCUT2D eigenvalue weighted by Gasteiger charge is 2.28. The number of hydrogen-bond acceptors (Lipinski definition) is 3. The highest BCUT2D eigenvalue weighted by Crippen LogP contribution is 2.13. The van der Waals surface area contributed by atoms with Gasteiger partial charge in [0.25, 0.3) is 0 Å². The van der Waals surface area contributed by atoms with Crippen molar-refractivity contribution in [2.45, 2.75) is 46.6 Å². The summed E-state index contributed by atoms with van der Waals surface area (Å²) in [5.74, 6) is -0.256. The van der Waals surface area contributed by atoms with Gasteiger partial charge in [0.15, 0.2) is 0 Å². The van der Waals surface area contributed by atoms with Crippen LogP contribution in [0.25, 0.3) is 0 Å². The van der Waals surface area contributed by atoms with Crippen LogP contribution in [0.1, 0.15) is 40.5 Å². The average Bonchev–Trinajstić information content (AvgIpc) is 2.26. The Hall–Kier alpha value is -0.810. The molecule has 1 atom stereocenters. The van der Waals surface area contributed by atoms with E-state index in [1.165, 1.54) is 0 Å². The standard InChI is InChI=1S/C12H25N3O2.ClH/c1-5-7-9(13)10(16)15-8-12(3,4)11(17)14-6-2;/h9H,5-8,13H2,1-4H3,(H,14,17)(H,15,16);1H. The summed E-state index contributed by atoms with van der Waals surface area (Å²) < 4.78 is 0. The molecule has 0 aromatic rings. The minimum absolute atomic E-state index is 0. The van der Waals surface area contributed by atoms with Gasteiger partial charge in [-0.3, -0.25) is 9.59 Å². The molecule has 0 aliphatic heterocycles. The van der Waals surface area contributed by atoms with Gasteiger partial charge in [-0.05, 0) is 27.2 Å². The Kier molecular flexibility index (Phi) is 9.94. The number of nitrogens with two attached hydrogens (primary N) is 1. The number of rotatable bonds is 7. The Labute approximate surface area is 116 Å². The van der Waals surface area contributed by atoms with Crippen LogP contribution in [-0.4, -0.2) is 30.9 Å². The third-order valence-electron chi connectivity index (χ3n) is 2.59. The topological polar surface area (TPSA) is 84.2 Å². The van der Waals surface area contributed by atoms with Crippen molar-refractivity contribution >= 4 is 24.2 Å². The molecule has 0 saturated carbocycles. The van der Waals surface area contributed by atoms with E-state index in [4.69, 9.17) is 5.73 Å². The predicted molar refractivity (Wildman–Crippen MR) is 75.6 cm³/mol. The monoisotopic (exact) mass is 279 g/mol. The van der Waals surface area contributed by atoms with E-state index in [1.807, 2.05) is 13.8 Å². The molecule has 108 valence electrons. The van der Waals surface area contributed by atoms with Crippen molar-refractivity contribution < 1.29 is 9.59 Å². The second-order valence-electron chi connectivity index (χ2n) is 4.86. The molecule has 0 radical (unpaired) electrons. The lowest BCUT2D eigenvalue weighted by Crippen LogP contribution is -2.48. The predicted octanol–water partition coefficient (Wildman–Crippen LogP) is 0.814. The van der Waals surface area contributed by atoms with E-state index in [-0.39, 0.29) is 24.2 Å². The fourth-order valence-electron chi connectivity index (χ4n) is 1.36. The summed E-state index contributed by atoms with van der Waals surface area (Å²) in [7, 11) is 0. The summed E-state index contributed by atoms with van der Waals surface area (Å²) in [6.07, 6.45) is 1.53. The number of halogens is 1. The van der Waals surface area contributed by atoms with Crippen molar-refractivity contribution in [1.82, 2.24) is 10.6 Å². The molecule has 5 nitrogen and oxygen atoms in total. The molecule has 0 fully saturated rings. The van der Waals surface area contributed by atoms with E-state index in [9.17, 15) is 9.59 Å². The largest absolute Gasteiger partial charge is 0.356 e. The molecule has 0 aliphatic rings. The number of carbonyl (C=O) groups excluding carboxylic acids is 2. The fraction of sp³-hybridized carbons (Fsp3) is 0.833. The molecule has 6 heteroatoms. The fourth-order valence-corrected chi connectivity index (χ4v) is 1.36. The lowest BCUT2D eigenvalue weighted by molar-refractivity contribution is -0.130. The minimum Gasteiger partial charge on any atom is -0.356 e.